The Morgan fingerprint density at radius 1 is 0.525 bits per heavy atom. The molecule has 0 aromatic rings. The lowest BCUT2D eigenvalue weighted by Crippen LogP contribution is -2.34. The van der Waals surface area contributed by atoms with Crippen molar-refractivity contribution in [2.45, 2.75) is 231 Å². The summed E-state index contributed by atoms with van der Waals surface area (Å²) in [7, 11) is -4.63. The lowest BCUT2D eigenvalue weighted by molar-refractivity contribution is -0.154. The van der Waals surface area contributed by atoms with Crippen molar-refractivity contribution in [3.8, 4) is 0 Å². The third kappa shape index (κ3) is 45.8. The maximum absolute atomic E-state index is 12.7. The number of phosphoric acid groups is 1. The van der Waals surface area contributed by atoms with Gasteiger partial charge in [0, 0.05) is 13.0 Å². The zero-order valence-electron chi connectivity index (χ0n) is 39.0. The maximum atomic E-state index is 12.7. The molecule has 0 heterocycles. The third-order valence-corrected chi connectivity index (χ3v) is 11.5. The van der Waals surface area contributed by atoms with Gasteiger partial charge < -0.3 is 25.2 Å². The van der Waals surface area contributed by atoms with Gasteiger partial charge in [0.25, 0.3) is 0 Å². The van der Waals surface area contributed by atoms with Crippen molar-refractivity contribution >= 4 is 19.8 Å². The molecule has 3 unspecified atom stereocenters. The number of ether oxygens (including phenoxy) is 2. The molecule has 61 heavy (non-hydrogen) atoms. The predicted octanol–water partition coefficient (Wildman–Crippen LogP) is 14.2. The number of carboxylic acids is 1. The van der Waals surface area contributed by atoms with Crippen molar-refractivity contribution in [2.24, 2.45) is 5.73 Å². The van der Waals surface area contributed by atoms with Crippen LogP contribution in [-0.2, 0) is 32.7 Å². The number of carbonyl (C=O) groups excluding carboxylic acids is 1. The number of hydrogen-bond donors (Lipinski definition) is 3. The lowest BCUT2D eigenvalue weighted by Gasteiger charge is -2.20. The molecule has 0 saturated carbocycles. The van der Waals surface area contributed by atoms with Crippen LogP contribution in [-0.4, -0.2) is 60.5 Å². The van der Waals surface area contributed by atoms with Gasteiger partial charge in [0.1, 0.15) is 12.1 Å². The van der Waals surface area contributed by atoms with E-state index < -0.39 is 45.1 Å². The molecule has 0 aromatic carbocycles. The Hall–Kier alpha value is -2.07. The van der Waals surface area contributed by atoms with E-state index in [9.17, 15) is 19.0 Å². The zero-order chi connectivity index (χ0) is 44.8. The highest BCUT2D eigenvalue weighted by Crippen LogP contribution is 2.43. The number of esters is 1. The van der Waals surface area contributed by atoms with E-state index in [1.54, 1.807) is 0 Å². The van der Waals surface area contributed by atoms with E-state index >= 15 is 0 Å². The molecule has 0 spiro atoms. The predicted molar refractivity (Wildman–Crippen MR) is 254 cm³/mol. The van der Waals surface area contributed by atoms with Crippen molar-refractivity contribution in [1.82, 2.24) is 0 Å². The number of hydrogen-bond acceptors (Lipinski definition) is 8. The highest BCUT2D eigenvalue weighted by molar-refractivity contribution is 7.47. The first kappa shape index (κ1) is 58.9. The van der Waals surface area contributed by atoms with Crippen LogP contribution in [0.5, 0.6) is 0 Å². The summed E-state index contributed by atoms with van der Waals surface area (Å²) in [5.41, 5.74) is 5.37. The summed E-state index contributed by atoms with van der Waals surface area (Å²) in [6.07, 6.45) is 54.4. The van der Waals surface area contributed by atoms with E-state index in [0.717, 1.165) is 70.6 Å². The van der Waals surface area contributed by atoms with Crippen LogP contribution in [0.4, 0.5) is 0 Å². The molecule has 0 aliphatic carbocycles. The van der Waals surface area contributed by atoms with Gasteiger partial charge in [0.2, 0.25) is 0 Å². The van der Waals surface area contributed by atoms with Gasteiger partial charge in [-0.25, -0.2) is 4.57 Å². The first-order valence-electron chi connectivity index (χ1n) is 24.7. The summed E-state index contributed by atoms with van der Waals surface area (Å²) in [5, 5.41) is 8.92. The molecule has 0 aliphatic rings. The molecule has 0 radical (unpaired) electrons. The molecule has 11 heteroatoms. The quantitative estimate of drug-likeness (QED) is 0.0233. The van der Waals surface area contributed by atoms with E-state index in [1.807, 2.05) is 0 Å². The second kappa shape index (κ2) is 45.9. The second-order valence-corrected chi connectivity index (χ2v) is 18.0. The minimum Gasteiger partial charge on any atom is -0.480 e. The number of unbranched alkanes of at least 4 members (excludes halogenated alkanes) is 25. The highest BCUT2D eigenvalue weighted by Gasteiger charge is 2.27. The molecule has 0 saturated heterocycles. The first-order chi connectivity index (χ1) is 29.7. The van der Waals surface area contributed by atoms with Crippen LogP contribution < -0.4 is 5.73 Å². The van der Waals surface area contributed by atoms with Gasteiger partial charge in [0.05, 0.1) is 19.8 Å². The van der Waals surface area contributed by atoms with Gasteiger partial charge in [-0.3, -0.25) is 18.6 Å². The average molecular weight is 882 g/mol. The fourth-order valence-electron chi connectivity index (χ4n) is 6.72. The molecule has 4 N–H and O–H groups in total. The Morgan fingerprint density at radius 2 is 0.902 bits per heavy atom. The summed E-state index contributed by atoms with van der Waals surface area (Å²) in [6.45, 7) is 3.85. The Balaban J connectivity index is 4.19. The fourth-order valence-corrected chi connectivity index (χ4v) is 7.50. The Bertz CT molecular complexity index is 1160. The van der Waals surface area contributed by atoms with Gasteiger partial charge >= 0.3 is 19.8 Å². The van der Waals surface area contributed by atoms with Crippen LogP contribution in [0.3, 0.4) is 0 Å². The molecular weight excluding hydrogens is 790 g/mol. The van der Waals surface area contributed by atoms with Crippen LogP contribution in [0, 0.1) is 0 Å². The van der Waals surface area contributed by atoms with Crippen LogP contribution in [0.15, 0.2) is 48.6 Å². The van der Waals surface area contributed by atoms with Crippen LogP contribution in [0.2, 0.25) is 0 Å². The average Bonchev–Trinajstić information content (AvgIpc) is 3.24. The van der Waals surface area contributed by atoms with E-state index in [1.165, 1.54) is 122 Å². The van der Waals surface area contributed by atoms with Gasteiger partial charge in [-0.2, -0.15) is 0 Å². The standard InChI is InChI=1S/C50H92NO9P/c1-3-5-7-9-11-13-15-17-19-21-23-25-27-29-31-33-35-37-39-41-43-57-44-47(45-58-61(55,56)59-46-48(51)50(53)54)60-49(52)42-40-38-36-34-32-30-28-26-24-22-20-18-16-14-12-10-8-6-4-2/h12,14,17-20,24,26,47-48H,3-11,13,15-16,21-23,25,27-46,51H2,1-2H3,(H,53,54)(H,55,56)/b14-12-,19-17-,20-18-,26-24-. The van der Waals surface area contributed by atoms with E-state index in [0.29, 0.717) is 13.0 Å². The number of carbonyl (C=O) groups is 2. The minimum atomic E-state index is -4.63. The molecular formula is C50H92NO9P. The number of carboxylic acid groups (broad SMARTS) is 1. The molecule has 3 atom stereocenters. The van der Waals surface area contributed by atoms with Crippen molar-refractivity contribution in [3.63, 3.8) is 0 Å². The summed E-state index contributed by atoms with van der Waals surface area (Å²) in [5.74, 6) is -1.79. The van der Waals surface area contributed by atoms with Crippen molar-refractivity contribution in [3.05, 3.63) is 48.6 Å². The number of rotatable bonds is 47. The van der Waals surface area contributed by atoms with Gasteiger partial charge in [-0.1, -0.05) is 184 Å². The van der Waals surface area contributed by atoms with Crippen LogP contribution >= 0.6 is 7.82 Å². The van der Waals surface area contributed by atoms with Crippen LogP contribution in [0.25, 0.3) is 0 Å². The molecule has 0 bridgehead atoms. The van der Waals surface area contributed by atoms with Crippen molar-refractivity contribution in [2.75, 3.05) is 26.4 Å². The number of allylic oxidation sites excluding steroid dienone is 8. The number of aliphatic carboxylic acids is 1. The number of phosphoric ester groups is 1. The highest BCUT2D eigenvalue weighted by atomic mass is 31.2. The van der Waals surface area contributed by atoms with Crippen molar-refractivity contribution in [1.29, 1.82) is 0 Å². The topological polar surface area (TPSA) is 155 Å². The van der Waals surface area contributed by atoms with E-state index in [4.69, 9.17) is 29.4 Å². The Morgan fingerprint density at radius 3 is 1.39 bits per heavy atom. The molecule has 0 fully saturated rings. The second-order valence-electron chi connectivity index (χ2n) is 16.6. The smallest absolute Gasteiger partial charge is 0.472 e. The zero-order valence-corrected chi connectivity index (χ0v) is 39.9. The summed E-state index contributed by atoms with van der Waals surface area (Å²) >= 11 is 0. The molecule has 0 amide bonds. The largest absolute Gasteiger partial charge is 0.480 e. The molecule has 356 valence electrons. The van der Waals surface area contributed by atoms with E-state index in [2.05, 4.69) is 62.5 Å². The SMILES string of the molecule is CCCCC/C=C\C/C=C\C/C=C\CCCCCCCCC(=O)OC(COCCCCCCCCCCCC/C=C\CCCCCCCC)COP(=O)(O)OCC(N)C(=O)O. The molecule has 0 rings (SSSR count). The van der Waals surface area contributed by atoms with Gasteiger partial charge in [-0.05, 0) is 77.0 Å². The maximum Gasteiger partial charge on any atom is 0.472 e. The molecule has 10 nitrogen and oxygen atoms in total. The molecule has 0 aromatic heterocycles. The summed E-state index contributed by atoms with van der Waals surface area (Å²) in [4.78, 5) is 33.6. The fraction of sp³-hybridized carbons (Fsp3) is 0.800. The minimum absolute atomic E-state index is 0.0105. The van der Waals surface area contributed by atoms with E-state index in [-0.39, 0.29) is 13.0 Å². The van der Waals surface area contributed by atoms with Crippen molar-refractivity contribution < 1.29 is 42.7 Å². The van der Waals surface area contributed by atoms with Gasteiger partial charge in [0.15, 0.2) is 0 Å². The summed E-state index contributed by atoms with van der Waals surface area (Å²) in [6, 6.07) is -1.48. The third-order valence-electron chi connectivity index (χ3n) is 10.6. The lowest BCUT2D eigenvalue weighted by atomic mass is 10.1. The Kier molecular flexibility index (Phi) is 44.4. The number of nitrogens with two attached hydrogens (primary N) is 1. The first-order valence-corrected chi connectivity index (χ1v) is 26.2. The normalized spacial score (nSPS) is 14.2. The Labute approximate surface area is 373 Å². The monoisotopic (exact) mass is 882 g/mol. The molecule has 0 aliphatic heterocycles. The van der Waals surface area contributed by atoms with Crippen LogP contribution in [0.1, 0.15) is 219 Å². The summed E-state index contributed by atoms with van der Waals surface area (Å²) < 4.78 is 33.5. The van der Waals surface area contributed by atoms with Gasteiger partial charge in [-0.15, -0.1) is 0 Å².